The average molecular weight is 408 g/mol. The number of carbonyl (C=O) groups excluding carboxylic acids is 2. The molecule has 8 nitrogen and oxygen atoms in total. The molecule has 152 valence electrons. The highest BCUT2D eigenvalue weighted by Crippen LogP contribution is 2.48. The molecule has 2 fully saturated rings. The van der Waals surface area contributed by atoms with Gasteiger partial charge in [0, 0.05) is 23.4 Å². The molecule has 0 spiro atoms. The van der Waals surface area contributed by atoms with Gasteiger partial charge >= 0.3 is 5.97 Å². The van der Waals surface area contributed by atoms with E-state index in [0.717, 1.165) is 5.75 Å². The molecule has 0 saturated carbocycles. The number of benzene rings is 1. The van der Waals surface area contributed by atoms with Gasteiger partial charge in [-0.25, -0.2) is 4.79 Å². The predicted molar refractivity (Wildman–Crippen MR) is 104 cm³/mol. The number of amides is 1. The molecule has 0 radical (unpaired) electrons. The fourth-order valence-corrected chi connectivity index (χ4v) is 5.26. The summed E-state index contributed by atoms with van der Waals surface area (Å²) >= 11 is 1.61. The van der Waals surface area contributed by atoms with Crippen molar-refractivity contribution in [3.63, 3.8) is 0 Å². The van der Waals surface area contributed by atoms with Crippen LogP contribution in [0.2, 0.25) is 0 Å². The zero-order valence-corrected chi connectivity index (χ0v) is 16.8. The number of β-lactam (4-membered cyclic amide) rings is 1. The summed E-state index contributed by atoms with van der Waals surface area (Å²) in [5, 5.41) is 20.9. The van der Waals surface area contributed by atoms with Crippen LogP contribution in [0.25, 0.3) is 0 Å². The lowest BCUT2D eigenvalue weighted by Gasteiger charge is -2.49. The van der Waals surface area contributed by atoms with Crippen LogP contribution in [0.5, 0.6) is 0 Å². The minimum Gasteiger partial charge on any atom is -0.459 e. The third-order valence-electron chi connectivity index (χ3n) is 5.30. The van der Waals surface area contributed by atoms with Crippen molar-refractivity contribution in [2.45, 2.75) is 56.7 Å². The second-order valence-electron chi connectivity index (χ2n) is 7.65. The van der Waals surface area contributed by atoms with Gasteiger partial charge in [0.25, 0.3) is 5.69 Å². The second-order valence-corrected chi connectivity index (χ2v) is 9.17. The molecule has 4 atom stereocenters. The molecule has 2 unspecified atom stereocenters. The van der Waals surface area contributed by atoms with Crippen LogP contribution in [0.1, 0.15) is 32.8 Å². The highest BCUT2D eigenvalue weighted by Gasteiger charge is 2.63. The molecule has 0 bridgehead atoms. The van der Waals surface area contributed by atoms with E-state index in [1.54, 1.807) is 42.6 Å². The molecular weight excluding hydrogens is 384 g/mol. The Labute approximate surface area is 167 Å². The van der Waals surface area contributed by atoms with Gasteiger partial charge in [-0.1, -0.05) is 6.92 Å². The topological polar surface area (TPSA) is 110 Å². The van der Waals surface area contributed by atoms with Crippen molar-refractivity contribution in [3.8, 4) is 0 Å². The van der Waals surface area contributed by atoms with Gasteiger partial charge in [0.05, 0.1) is 16.4 Å². The number of thioether (sulfide) groups is 1. The maximum absolute atomic E-state index is 12.8. The molecule has 9 heteroatoms. The van der Waals surface area contributed by atoms with Gasteiger partial charge in [-0.3, -0.25) is 14.9 Å². The van der Waals surface area contributed by atoms with E-state index in [9.17, 15) is 24.8 Å². The molecule has 3 rings (SSSR count). The molecule has 2 aliphatic rings. The van der Waals surface area contributed by atoms with E-state index in [1.807, 2.05) is 6.92 Å². The number of ether oxygens (including phenoxy) is 1. The molecule has 0 aromatic heterocycles. The molecule has 1 N–H and O–H groups in total. The molecule has 1 amide bonds. The summed E-state index contributed by atoms with van der Waals surface area (Å²) in [6, 6.07) is 4.97. The van der Waals surface area contributed by atoms with Gasteiger partial charge < -0.3 is 14.7 Å². The van der Waals surface area contributed by atoms with Crippen LogP contribution in [0, 0.1) is 16.0 Å². The largest absolute Gasteiger partial charge is 0.459 e. The number of nitrogens with zero attached hydrogens (tertiary/aromatic N) is 2. The van der Waals surface area contributed by atoms with E-state index in [1.165, 1.54) is 12.1 Å². The lowest BCUT2D eigenvalue weighted by Crippen LogP contribution is -2.67. The Bertz CT molecular complexity index is 776. The third kappa shape index (κ3) is 3.73. The number of hydrogen-bond acceptors (Lipinski definition) is 7. The van der Waals surface area contributed by atoms with Crippen LogP contribution in [0.15, 0.2) is 24.3 Å². The van der Waals surface area contributed by atoms with Crippen LogP contribution in [-0.4, -0.2) is 55.5 Å². The van der Waals surface area contributed by atoms with E-state index >= 15 is 0 Å². The number of aliphatic hydroxyl groups is 1. The molecule has 2 heterocycles. The minimum absolute atomic E-state index is 0.0154. The number of nitro groups is 1. The molecular formula is C19H24N2O6S. The maximum atomic E-state index is 12.8. The first-order chi connectivity index (χ1) is 13.1. The zero-order chi connectivity index (χ0) is 20.6. The smallest absolute Gasteiger partial charge is 0.330 e. The van der Waals surface area contributed by atoms with Gasteiger partial charge in [-0.15, -0.1) is 0 Å². The molecule has 1 aromatic rings. The van der Waals surface area contributed by atoms with Crippen molar-refractivity contribution in [1.29, 1.82) is 0 Å². The SMILES string of the molecule is CCSC1C[C@@H]2[C@H](C(C)(C)O)C(=O)N2C1C(=O)OCc1ccc([N+](=O)[O-])cc1. The Balaban J connectivity index is 1.69. The number of esters is 1. The standard InChI is InChI=1S/C19H24N2O6S/c1-4-28-14-9-13-15(19(2,3)24)17(22)20(13)16(14)18(23)27-10-11-5-7-12(8-6-11)21(25)26/h5-8,13-16,24H,4,9-10H2,1-3H3/t13-,14?,15+,16?/m1/s1. The first kappa shape index (κ1) is 20.6. The Hall–Kier alpha value is -2.13. The number of hydrogen-bond donors (Lipinski definition) is 1. The number of fused-ring (bicyclic) bond motifs is 1. The summed E-state index contributed by atoms with van der Waals surface area (Å²) in [7, 11) is 0. The normalized spacial score (nSPS) is 26.6. The molecule has 2 saturated heterocycles. The minimum atomic E-state index is -1.13. The van der Waals surface area contributed by atoms with Crippen molar-refractivity contribution in [2.24, 2.45) is 5.92 Å². The summed E-state index contributed by atoms with van der Waals surface area (Å²) in [6.07, 6.45) is 0.649. The summed E-state index contributed by atoms with van der Waals surface area (Å²) in [4.78, 5) is 37.2. The Morgan fingerprint density at radius 2 is 2.04 bits per heavy atom. The average Bonchev–Trinajstić information content (AvgIpc) is 2.93. The Morgan fingerprint density at radius 3 is 2.57 bits per heavy atom. The van der Waals surface area contributed by atoms with Crippen LogP contribution in [-0.2, 0) is 20.9 Å². The van der Waals surface area contributed by atoms with Crippen molar-refractivity contribution in [2.75, 3.05) is 5.75 Å². The van der Waals surface area contributed by atoms with Crippen molar-refractivity contribution in [1.82, 2.24) is 4.90 Å². The number of nitro benzene ring substituents is 1. The summed E-state index contributed by atoms with van der Waals surface area (Å²) in [5.41, 5.74) is -0.522. The molecule has 2 aliphatic heterocycles. The van der Waals surface area contributed by atoms with E-state index in [0.29, 0.717) is 12.0 Å². The summed E-state index contributed by atoms with van der Waals surface area (Å²) < 4.78 is 5.43. The Kier molecular flexibility index (Phi) is 5.67. The van der Waals surface area contributed by atoms with E-state index in [2.05, 4.69) is 0 Å². The van der Waals surface area contributed by atoms with Crippen LogP contribution >= 0.6 is 11.8 Å². The number of carbonyl (C=O) groups is 2. The lowest BCUT2D eigenvalue weighted by molar-refractivity contribution is -0.384. The Morgan fingerprint density at radius 1 is 1.39 bits per heavy atom. The van der Waals surface area contributed by atoms with Crippen LogP contribution in [0.4, 0.5) is 5.69 Å². The third-order valence-corrected chi connectivity index (χ3v) is 6.51. The fourth-order valence-electron chi connectivity index (χ4n) is 4.07. The van der Waals surface area contributed by atoms with E-state index in [-0.39, 0.29) is 29.5 Å². The zero-order valence-electron chi connectivity index (χ0n) is 16.0. The summed E-state index contributed by atoms with van der Waals surface area (Å²) in [6.45, 7) is 5.22. The van der Waals surface area contributed by atoms with Gasteiger partial charge in [-0.05, 0) is 43.7 Å². The van der Waals surface area contributed by atoms with Crippen LogP contribution < -0.4 is 0 Å². The van der Waals surface area contributed by atoms with E-state index in [4.69, 9.17) is 4.74 Å². The second kappa shape index (κ2) is 7.71. The van der Waals surface area contributed by atoms with Crippen molar-refractivity contribution < 1.29 is 24.4 Å². The lowest BCUT2D eigenvalue weighted by atomic mass is 9.76. The van der Waals surface area contributed by atoms with Crippen molar-refractivity contribution in [3.05, 3.63) is 39.9 Å². The summed E-state index contributed by atoms with van der Waals surface area (Å²) in [5.74, 6) is -0.387. The fraction of sp³-hybridized carbons (Fsp3) is 0.579. The van der Waals surface area contributed by atoms with Gasteiger partial charge in [0.2, 0.25) is 5.91 Å². The molecule has 0 aliphatic carbocycles. The van der Waals surface area contributed by atoms with E-state index < -0.39 is 28.5 Å². The first-order valence-electron chi connectivity index (χ1n) is 9.21. The first-order valence-corrected chi connectivity index (χ1v) is 10.3. The van der Waals surface area contributed by atoms with Gasteiger partial charge in [0.1, 0.15) is 12.6 Å². The maximum Gasteiger partial charge on any atom is 0.330 e. The van der Waals surface area contributed by atoms with Crippen molar-refractivity contribution >= 4 is 29.3 Å². The van der Waals surface area contributed by atoms with Crippen LogP contribution in [0.3, 0.4) is 0 Å². The number of non-ortho nitro benzene ring substituents is 1. The van der Waals surface area contributed by atoms with Gasteiger partial charge in [-0.2, -0.15) is 11.8 Å². The number of rotatable bonds is 7. The van der Waals surface area contributed by atoms with Gasteiger partial charge in [0.15, 0.2) is 0 Å². The highest BCUT2D eigenvalue weighted by molar-refractivity contribution is 7.99. The molecule has 1 aromatic carbocycles. The quantitative estimate of drug-likeness (QED) is 0.318. The highest BCUT2D eigenvalue weighted by atomic mass is 32.2. The monoisotopic (exact) mass is 408 g/mol. The predicted octanol–water partition coefficient (Wildman–Crippen LogP) is 2.13. The molecule has 28 heavy (non-hydrogen) atoms.